The van der Waals surface area contributed by atoms with Crippen molar-refractivity contribution in [3.63, 3.8) is 0 Å². The normalized spacial score (nSPS) is 11.5. The van der Waals surface area contributed by atoms with Gasteiger partial charge in [-0.2, -0.15) is 4.98 Å². The number of alkyl halides is 1. The van der Waals surface area contributed by atoms with Crippen LogP contribution in [0.15, 0.2) is 24.4 Å². The molecule has 0 saturated heterocycles. The topological polar surface area (TPSA) is 96.2 Å². The van der Waals surface area contributed by atoms with Crippen LogP contribution in [-0.2, 0) is 6.54 Å². The van der Waals surface area contributed by atoms with Crippen LogP contribution in [-0.4, -0.2) is 43.4 Å². The highest BCUT2D eigenvalue weighted by Gasteiger charge is 2.20. The number of hydrogen-bond donors (Lipinski definition) is 1. The number of benzene rings is 1. The average Bonchev–Trinajstić information content (AvgIpc) is 3.18. The number of rotatable bonds is 5. The molecular formula is C16H15F2N7O. The fraction of sp³-hybridized carbons (Fsp3) is 0.250. The maximum absolute atomic E-state index is 14.7. The quantitative estimate of drug-likeness (QED) is 0.587. The molecule has 4 rings (SSSR count). The Kier molecular flexibility index (Phi) is 3.86. The molecule has 0 aliphatic rings. The van der Waals surface area contributed by atoms with E-state index in [9.17, 15) is 8.78 Å². The van der Waals surface area contributed by atoms with Crippen LogP contribution in [0.4, 0.5) is 14.7 Å². The second-order valence-corrected chi connectivity index (χ2v) is 5.68. The average molecular weight is 359 g/mol. The van der Waals surface area contributed by atoms with Gasteiger partial charge in [-0.25, -0.2) is 13.6 Å². The minimum absolute atomic E-state index is 0.0279. The second-order valence-electron chi connectivity index (χ2n) is 5.68. The highest BCUT2D eigenvalue weighted by Crippen LogP contribution is 2.34. The first-order valence-corrected chi connectivity index (χ1v) is 7.90. The summed E-state index contributed by atoms with van der Waals surface area (Å²) in [6.07, 6.45) is 1.54. The van der Waals surface area contributed by atoms with Crippen LogP contribution in [0.25, 0.3) is 27.7 Å². The van der Waals surface area contributed by atoms with Gasteiger partial charge in [-0.3, -0.25) is 4.39 Å². The minimum Gasteiger partial charge on any atom is -0.479 e. The Balaban J connectivity index is 1.93. The molecular weight excluding hydrogens is 344 g/mol. The number of nitrogens with zero attached hydrogens (tertiary/aromatic N) is 6. The number of ether oxygens (including phenoxy) is 1. The van der Waals surface area contributed by atoms with E-state index in [0.29, 0.717) is 35.1 Å². The summed E-state index contributed by atoms with van der Waals surface area (Å²) >= 11 is 0. The van der Waals surface area contributed by atoms with Crippen molar-refractivity contribution in [2.45, 2.75) is 13.0 Å². The number of halogens is 2. The third-order valence-electron chi connectivity index (χ3n) is 4.07. The lowest BCUT2D eigenvalue weighted by molar-refractivity contribution is 0.400. The molecule has 0 bridgehead atoms. The lowest BCUT2D eigenvalue weighted by Gasteiger charge is -2.07. The Bertz CT molecular complexity index is 1110. The first-order chi connectivity index (χ1) is 12.6. The summed E-state index contributed by atoms with van der Waals surface area (Å²) in [7, 11) is 1.43. The largest absolute Gasteiger partial charge is 0.479 e. The van der Waals surface area contributed by atoms with Gasteiger partial charge in [0, 0.05) is 6.54 Å². The van der Waals surface area contributed by atoms with Crippen LogP contribution < -0.4 is 10.5 Å². The number of hydrogen-bond acceptors (Lipinski definition) is 6. The lowest BCUT2D eigenvalue weighted by Crippen LogP contribution is -2.03. The Morgan fingerprint density at radius 1 is 1.31 bits per heavy atom. The highest BCUT2D eigenvalue weighted by molar-refractivity contribution is 5.89. The van der Waals surface area contributed by atoms with E-state index in [0.717, 1.165) is 0 Å². The molecule has 1 aromatic carbocycles. The number of aryl methyl sites for hydroxylation is 1. The Morgan fingerprint density at radius 2 is 2.15 bits per heavy atom. The van der Waals surface area contributed by atoms with Crippen molar-refractivity contribution in [1.82, 2.24) is 29.6 Å². The van der Waals surface area contributed by atoms with Crippen molar-refractivity contribution in [1.29, 1.82) is 0 Å². The lowest BCUT2D eigenvalue weighted by atomic mass is 10.1. The first-order valence-electron chi connectivity index (χ1n) is 7.90. The van der Waals surface area contributed by atoms with Crippen molar-refractivity contribution in [2.75, 3.05) is 19.5 Å². The highest BCUT2D eigenvalue weighted by atomic mass is 19.1. The first kappa shape index (κ1) is 16.2. The number of anilines is 1. The standard InChI is InChI=1S/C16H15F2N7O/c1-26-15-14-13(10(18)8-25(14)22-16(19)20-15)9-3-4-11-12(7-9)24(23-21-11)6-2-5-17/h3-4,7-8H,2,5-6H2,1H3,(H2,19,22). The van der Waals surface area contributed by atoms with Crippen LogP contribution in [0.5, 0.6) is 5.88 Å². The van der Waals surface area contributed by atoms with Crippen molar-refractivity contribution < 1.29 is 13.5 Å². The van der Waals surface area contributed by atoms with Gasteiger partial charge in [0.25, 0.3) is 0 Å². The zero-order chi connectivity index (χ0) is 18.3. The summed E-state index contributed by atoms with van der Waals surface area (Å²) in [6, 6.07) is 5.21. The Hall–Kier alpha value is -3.30. The minimum atomic E-state index is -0.495. The summed E-state index contributed by atoms with van der Waals surface area (Å²) in [4.78, 5) is 4.02. The number of aromatic nitrogens is 6. The molecule has 3 aromatic heterocycles. The fourth-order valence-electron chi connectivity index (χ4n) is 2.95. The molecule has 0 atom stereocenters. The summed E-state index contributed by atoms with van der Waals surface area (Å²) in [6.45, 7) is -0.0613. The van der Waals surface area contributed by atoms with Gasteiger partial charge in [0.2, 0.25) is 11.8 Å². The number of fused-ring (bicyclic) bond motifs is 2. The molecule has 26 heavy (non-hydrogen) atoms. The molecule has 0 amide bonds. The third-order valence-corrected chi connectivity index (χ3v) is 4.07. The van der Waals surface area contributed by atoms with Gasteiger partial charge in [-0.05, 0) is 24.1 Å². The van der Waals surface area contributed by atoms with Crippen molar-refractivity contribution in [3.8, 4) is 17.0 Å². The van der Waals surface area contributed by atoms with Crippen LogP contribution in [0.1, 0.15) is 6.42 Å². The molecule has 0 radical (unpaired) electrons. The van der Waals surface area contributed by atoms with E-state index < -0.39 is 12.5 Å². The van der Waals surface area contributed by atoms with Gasteiger partial charge < -0.3 is 10.5 Å². The van der Waals surface area contributed by atoms with E-state index >= 15 is 0 Å². The zero-order valence-electron chi connectivity index (χ0n) is 13.9. The molecule has 0 aliphatic heterocycles. The molecule has 8 nitrogen and oxygen atoms in total. The molecule has 0 spiro atoms. The SMILES string of the molecule is COc1nc(N)nn2cc(F)c(-c3ccc4nnn(CCCF)c4c3)c12. The van der Waals surface area contributed by atoms with Crippen LogP contribution in [0.3, 0.4) is 0 Å². The van der Waals surface area contributed by atoms with Crippen molar-refractivity contribution >= 4 is 22.5 Å². The van der Waals surface area contributed by atoms with E-state index in [1.54, 1.807) is 22.9 Å². The predicted molar refractivity (Wildman–Crippen MR) is 91.0 cm³/mol. The monoisotopic (exact) mass is 359 g/mol. The molecule has 134 valence electrons. The number of nitrogens with two attached hydrogens (primary N) is 1. The van der Waals surface area contributed by atoms with E-state index in [-0.39, 0.29) is 17.4 Å². The Labute approximate surface area is 146 Å². The molecule has 0 fully saturated rings. The molecule has 2 N–H and O–H groups in total. The van der Waals surface area contributed by atoms with Gasteiger partial charge in [-0.1, -0.05) is 11.3 Å². The third kappa shape index (κ3) is 2.50. The summed E-state index contributed by atoms with van der Waals surface area (Å²) in [5, 5.41) is 12.1. The predicted octanol–water partition coefficient (Wildman–Crippen LogP) is 2.23. The van der Waals surface area contributed by atoms with Crippen molar-refractivity contribution in [3.05, 3.63) is 30.2 Å². The molecule has 4 aromatic rings. The Morgan fingerprint density at radius 3 is 2.92 bits per heavy atom. The maximum Gasteiger partial charge on any atom is 0.243 e. The van der Waals surface area contributed by atoms with E-state index in [4.69, 9.17) is 10.5 Å². The molecule has 3 heterocycles. The van der Waals surface area contributed by atoms with E-state index in [1.165, 1.54) is 17.8 Å². The van der Waals surface area contributed by atoms with Gasteiger partial charge in [0.05, 0.1) is 31.1 Å². The second kappa shape index (κ2) is 6.21. The maximum atomic E-state index is 14.7. The van der Waals surface area contributed by atoms with Gasteiger partial charge in [-0.15, -0.1) is 10.2 Å². The van der Waals surface area contributed by atoms with E-state index in [1.807, 2.05) is 0 Å². The summed E-state index contributed by atoms with van der Waals surface area (Å²) in [5.74, 6) is -0.356. The molecule has 0 saturated carbocycles. The zero-order valence-corrected chi connectivity index (χ0v) is 13.9. The molecule has 10 heteroatoms. The van der Waals surface area contributed by atoms with Crippen LogP contribution >= 0.6 is 0 Å². The van der Waals surface area contributed by atoms with Gasteiger partial charge in [0.1, 0.15) is 11.0 Å². The van der Waals surface area contributed by atoms with E-state index in [2.05, 4.69) is 20.4 Å². The number of nitrogen functional groups attached to an aromatic ring is 1. The smallest absolute Gasteiger partial charge is 0.243 e. The van der Waals surface area contributed by atoms with Gasteiger partial charge >= 0.3 is 0 Å². The summed E-state index contributed by atoms with van der Waals surface area (Å²) in [5.41, 5.74) is 8.18. The van der Waals surface area contributed by atoms with Gasteiger partial charge in [0.15, 0.2) is 5.82 Å². The number of methoxy groups -OCH3 is 1. The van der Waals surface area contributed by atoms with Crippen LogP contribution in [0.2, 0.25) is 0 Å². The van der Waals surface area contributed by atoms with Crippen molar-refractivity contribution in [2.24, 2.45) is 0 Å². The fourth-order valence-corrected chi connectivity index (χ4v) is 2.95. The molecule has 0 unspecified atom stereocenters. The molecule has 0 aliphatic carbocycles. The van der Waals surface area contributed by atoms with Crippen LogP contribution in [0, 0.1) is 5.82 Å². The summed E-state index contributed by atoms with van der Waals surface area (Å²) < 4.78 is 35.3.